The van der Waals surface area contributed by atoms with Gasteiger partial charge in [0.25, 0.3) is 0 Å². The molecule has 1 saturated heterocycles. The van der Waals surface area contributed by atoms with Crippen LogP contribution in [0, 0.1) is 12.8 Å². The molecule has 3 aliphatic rings. The van der Waals surface area contributed by atoms with Crippen LogP contribution >= 0.6 is 11.8 Å². The second kappa shape index (κ2) is 12.8. The van der Waals surface area contributed by atoms with E-state index in [0.29, 0.717) is 36.1 Å². The molecule has 3 heterocycles. The van der Waals surface area contributed by atoms with Gasteiger partial charge in [-0.05, 0) is 44.6 Å². The van der Waals surface area contributed by atoms with Crippen molar-refractivity contribution in [3.63, 3.8) is 0 Å². The smallest absolute Gasteiger partial charge is 0.338 e. The number of carbonyl (C=O) groups is 3. The molecule has 0 radical (unpaired) electrons. The van der Waals surface area contributed by atoms with Gasteiger partial charge in [0.1, 0.15) is 0 Å². The summed E-state index contributed by atoms with van der Waals surface area (Å²) >= 11 is 1.44. The Labute approximate surface area is 245 Å². The summed E-state index contributed by atoms with van der Waals surface area (Å²) in [6.45, 7) is 7.11. The number of thioether (sulfide) groups is 1. The van der Waals surface area contributed by atoms with Crippen LogP contribution < -0.4 is 0 Å². The third-order valence-electron chi connectivity index (χ3n) is 7.47. The van der Waals surface area contributed by atoms with E-state index in [1.807, 2.05) is 71.8 Å². The Bertz CT molecular complexity index is 1400. The van der Waals surface area contributed by atoms with Gasteiger partial charge < -0.3 is 19.3 Å². The summed E-state index contributed by atoms with van der Waals surface area (Å²) in [5, 5.41) is 2.65. The third kappa shape index (κ3) is 6.10. The molecule has 3 aliphatic heterocycles. The number of aliphatic imine (C=N–C) groups is 1. The standard InChI is InChI=1S/C32H35N3O5S/c1-4-39-30(37)24-12-9-17-34(19-24)26(36)18-25-20-41-32-33-28(22-10-7-6-8-11-22)27(31(38)40-5-2)29(35(25)32)23-15-13-21(3)14-16-23/h6-8,10-11,13-16,20,24,29H,4-5,9,12,17-19H2,1-3H3. The van der Waals surface area contributed by atoms with Crippen molar-refractivity contribution in [1.82, 2.24) is 9.80 Å². The van der Waals surface area contributed by atoms with Gasteiger partial charge in [-0.25, -0.2) is 9.79 Å². The molecule has 0 aliphatic carbocycles. The van der Waals surface area contributed by atoms with Crippen LogP contribution in [0.1, 0.15) is 55.8 Å². The van der Waals surface area contributed by atoms with Gasteiger partial charge in [0.05, 0.1) is 42.9 Å². The lowest BCUT2D eigenvalue weighted by Gasteiger charge is -2.37. The van der Waals surface area contributed by atoms with Crippen molar-refractivity contribution in [2.24, 2.45) is 10.9 Å². The number of benzene rings is 2. The first kappa shape index (κ1) is 28.7. The molecule has 1 fully saturated rings. The van der Waals surface area contributed by atoms with Crippen molar-refractivity contribution in [2.75, 3.05) is 26.3 Å². The molecule has 8 nitrogen and oxygen atoms in total. The molecule has 2 aromatic carbocycles. The number of amidine groups is 1. The minimum absolute atomic E-state index is 0.0646. The number of likely N-dealkylation sites (tertiary alicyclic amines) is 1. The molecule has 0 aromatic heterocycles. The minimum Gasteiger partial charge on any atom is -0.466 e. The largest absolute Gasteiger partial charge is 0.466 e. The van der Waals surface area contributed by atoms with Gasteiger partial charge in [-0.3, -0.25) is 9.59 Å². The Balaban J connectivity index is 1.50. The maximum atomic E-state index is 13.6. The normalized spacial score (nSPS) is 20.3. The van der Waals surface area contributed by atoms with Crippen LogP contribution in [0.4, 0.5) is 0 Å². The Morgan fingerprint density at radius 3 is 2.44 bits per heavy atom. The van der Waals surface area contributed by atoms with Crippen LogP contribution in [0.3, 0.4) is 0 Å². The summed E-state index contributed by atoms with van der Waals surface area (Å²) in [7, 11) is 0. The van der Waals surface area contributed by atoms with Crippen molar-refractivity contribution < 1.29 is 23.9 Å². The van der Waals surface area contributed by atoms with Crippen LogP contribution in [0.25, 0.3) is 5.70 Å². The number of esters is 2. The average molecular weight is 574 g/mol. The molecular formula is C32H35N3O5S. The zero-order valence-electron chi connectivity index (χ0n) is 23.7. The number of piperidine rings is 1. The predicted molar refractivity (Wildman–Crippen MR) is 159 cm³/mol. The molecule has 0 bridgehead atoms. The topological polar surface area (TPSA) is 88.5 Å². The van der Waals surface area contributed by atoms with Crippen molar-refractivity contribution in [3.8, 4) is 0 Å². The molecule has 5 rings (SSSR count). The summed E-state index contributed by atoms with van der Waals surface area (Å²) in [5.41, 5.74) is 4.60. The second-order valence-corrected chi connectivity index (χ2v) is 11.1. The minimum atomic E-state index is -0.528. The van der Waals surface area contributed by atoms with Crippen molar-refractivity contribution in [2.45, 2.75) is 46.1 Å². The average Bonchev–Trinajstić information content (AvgIpc) is 3.39. The fourth-order valence-corrected chi connectivity index (χ4v) is 6.39. The quantitative estimate of drug-likeness (QED) is 0.388. The lowest BCUT2D eigenvalue weighted by Crippen LogP contribution is -2.44. The Morgan fingerprint density at radius 1 is 1.00 bits per heavy atom. The molecule has 1 amide bonds. The molecule has 0 saturated carbocycles. The predicted octanol–water partition coefficient (Wildman–Crippen LogP) is 5.46. The van der Waals surface area contributed by atoms with Crippen LogP contribution in [0.2, 0.25) is 0 Å². The Morgan fingerprint density at radius 2 is 1.73 bits per heavy atom. The highest BCUT2D eigenvalue weighted by molar-refractivity contribution is 8.16. The summed E-state index contributed by atoms with van der Waals surface area (Å²) < 4.78 is 10.8. The lowest BCUT2D eigenvalue weighted by molar-refractivity contribution is -0.151. The summed E-state index contributed by atoms with van der Waals surface area (Å²) in [5.74, 6) is -1.05. The molecule has 9 heteroatoms. The van der Waals surface area contributed by atoms with Crippen LogP contribution in [-0.4, -0.2) is 59.1 Å². The van der Waals surface area contributed by atoms with Gasteiger partial charge in [0.15, 0.2) is 5.17 Å². The van der Waals surface area contributed by atoms with Crippen molar-refractivity contribution in [1.29, 1.82) is 0 Å². The number of nitrogens with zero attached hydrogens (tertiary/aromatic N) is 3. The maximum Gasteiger partial charge on any atom is 0.338 e. The van der Waals surface area contributed by atoms with Crippen molar-refractivity contribution in [3.05, 3.63) is 88.0 Å². The van der Waals surface area contributed by atoms with Crippen LogP contribution in [0.15, 0.2) is 76.3 Å². The first-order valence-electron chi connectivity index (χ1n) is 14.1. The van der Waals surface area contributed by atoms with E-state index in [2.05, 4.69) is 0 Å². The Kier molecular flexibility index (Phi) is 8.93. The molecule has 2 aromatic rings. The van der Waals surface area contributed by atoms with E-state index < -0.39 is 12.0 Å². The van der Waals surface area contributed by atoms with E-state index in [4.69, 9.17) is 14.5 Å². The number of amides is 1. The number of carbonyl (C=O) groups excluding carboxylic acids is 3. The number of rotatable bonds is 8. The van der Waals surface area contributed by atoms with E-state index in [-0.39, 0.29) is 30.8 Å². The molecule has 0 N–H and O–H groups in total. The molecule has 0 spiro atoms. The molecular weight excluding hydrogens is 538 g/mol. The van der Waals surface area contributed by atoms with Crippen LogP contribution in [0.5, 0.6) is 0 Å². The number of hydrogen-bond donors (Lipinski definition) is 0. The lowest BCUT2D eigenvalue weighted by atomic mass is 9.91. The zero-order chi connectivity index (χ0) is 28.9. The van der Waals surface area contributed by atoms with Gasteiger partial charge in [-0.1, -0.05) is 71.9 Å². The first-order valence-corrected chi connectivity index (χ1v) is 15.0. The number of hydrogen-bond acceptors (Lipinski definition) is 8. The fraction of sp³-hybridized carbons (Fsp3) is 0.375. The second-order valence-electron chi connectivity index (χ2n) is 10.3. The van der Waals surface area contributed by atoms with Crippen LogP contribution in [-0.2, 0) is 23.9 Å². The highest BCUT2D eigenvalue weighted by Gasteiger charge is 2.43. The molecule has 2 atom stereocenters. The third-order valence-corrected chi connectivity index (χ3v) is 8.36. The van der Waals surface area contributed by atoms with Gasteiger partial charge in [0.2, 0.25) is 5.91 Å². The summed E-state index contributed by atoms with van der Waals surface area (Å²) in [4.78, 5) is 48.3. The van der Waals surface area contributed by atoms with E-state index in [1.54, 1.807) is 18.7 Å². The number of aryl methyl sites for hydroxylation is 1. The number of ether oxygens (including phenoxy) is 2. The van der Waals surface area contributed by atoms with Gasteiger partial charge in [-0.2, -0.15) is 0 Å². The van der Waals surface area contributed by atoms with Gasteiger partial charge >= 0.3 is 11.9 Å². The van der Waals surface area contributed by atoms with E-state index in [1.165, 1.54) is 11.8 Å². The maximum absolute atomic E-state index is 13.6. The highest BCUT2D eigenvalue weighted by atomic mass is 32.2. The first-order chi connectivity index (χ1) is 19.9. The highest BCUT2D eigenvalue weighted by Crippen LogP contribution is 2.47. The van der Waals surface area contributed by atoms with Gasteiger partial charge in [0, 0.05) is 24.4 Å². The molecule has 214 valence electrons. The number of fused-ring (bicyclic) bond motifs is 1. The zero-order valence-corrected chi connectivity index (χ0v) is 24.5. The monoisotopic (exact) mass is 573 g/mol. The van der Waals surface area contributed by atoms with E-state index in [0.717, 1.165) is 35.2 Å². The Hall–Kier alpha value is -3.85. The molecule has 2 unspecified atom stereocenters. The summed E-state index contributed by atoms with van der Waals surface area (Å²) in [6, 6.07) is 17.2. The van der Waals surface area contributed by atoms with Gasteiger partial charge in [-0.15, -0.1) is 0 Å². The molecule has 41 heavy (non-hydrogen) atoms. The summed E-state index contributed by atoms with van der Waals surface area (Å²) in [6.07, 6.45) is 1.60. The van der Waals surface area contributed by atoms with Crippen molar-refractivity contribution >= 4 is 40.5 Å². The fourth-order valence-electron chi connectivity index (χ4n) is 5.48. The SMILES string of the molecule is CCOC(=O)C1=C(c2ccccc2)N=C2SC=C(CC(=O)N3CCCC(C(=O)OCC)C3)N2C1c1ccc(C)cc1. The van der Waals surface area contributed by atoms with E-state index >= 15 is 0 Å². The van der Waals surface area contributed by atoms with E-state index in [9.17, 15) is 14.4 Å².